The number of benzene rings is 1. The van der Waals surface area contributed by atoms with Gasteiger partial charge in [-0.25, -0.2) is 0 Å². The first-order chi connectivity index (χ1) is 9.16. The number of thioether (sulfide) groups is 1. The average molecular weight is 407 g/mol. The molecule has 3 N–H and O–H groups in total. The second-order valence-electron chi connectivity index (χ2n) is 4.72. The van der Waals surface area contributed by atoms with Crippen LogP contribution in [0.2, 0.25) is 0 Å². The van der Waals surface area contributed by atoms with Crippen LogP contribution in [-0.2, 0) is 0 Å². The van der Waals surface area contributed by atoms with Crippen LogP contribution in [0.1, 0.15) is 17.2 Å². The molecule has 0 saturated carbocycles. The molecule has 1 atom stereocenters. The monoisotopic (exact) mass is 407 g/mol. The zero-order chi connectivity index (χ0) is 13.7. The molecule has 1 saturated heterocycles. The number of halogens is 1. The summed E-state index contributed by atoms with van der Waals surface area (Å²) in [4.78, 5) is 6.39. The van der Waals surface area contributed by atoms with Crippen molar-refractivity contribution in [2.45, 2.75) is 13.0 Å². The second-order valence-corrected chi connectivity index (χ2v) is 5.95. The fraction of sp³-hybridized carbons (Fsp3) is 0.500. The molecular weight excluding hydrogens is 385 g/mol. The molecule has 20 heavy (non-hydrogen) atoms. The van der Waals surface area contributed by atoms with Gasteiger partial charge in [0.25, 0.3) is 0 Å². The highest BCUT2D eigenvalue weighted by Crippen LogP contribution is 2.14. The quantitative estimate of drug-likeness (QED) is 0.457. The molecule has 1 aromatic rings. The third-order valence-corrected chi connectivity index (χ3v) is 4.17. The molecule has 1 aliphatic heterocycles. The van der Waals surface area contributed by atoms with Crippen molar-refractivity contribution in [1.82, 2.24) is 4.90 Å². The summed E-state index contributed by atoms with van der Waals surface area (Å²) in [7, 11) is 0. The number of aliphatic imine (C=N–C) groups is 1. The van der Waals surface area contributed by atoms with Crippen molar-refractivity contribution in [2.24, 2.45) is 10.7 Å². The van der Waals surface area contributed by atoms with E-state index in [4.69, 9.17) is 5.73 Å². The summed E-state index contributed by atoms with van der Waals surface area (Å²) in [6, 6.07) is 7.85. The van der Waals surface area contributed by atoms with Crippen LogP contribution in [0.5, 0.6) is 0 Å². The average Bonchev–Trinajstić information content (AvgIpc) is 2.46. The number of nitrogens with zero attached hydrogens (tertiary/aromatic N) is 2. The first kappa shape index (κ1) is 17.6. The van der Waals surface area contributed by atoms with Crippen molar-refractivity contribution in [3.8, 4) is 0 Å². The van der Waals surface area contributed by atoms with E-state index < -0.39 is 6.10 Å². The molecule has 4 nitrogen and oxygen atoms in total. The fourth-order valence-corrected chi connectivity index (χ4v) is 2.87. The van der Waals surface area contributed by atoms with Gasteiger partial charge in [0.1, 0.15) is 0 Å². The maximum absolute atomic E-state index is 10.1. The van der Waals surface area contributed by atoms with Gasteiger partial charge in [-0.1, -0.05) is 29.8 Å². The Morgan fingerprint density at radius 1 is 1.35 bits per heavy atom. The Bertz CT molecular complexity index is 433. The summed E-state index contributed by atoms with van der Waals surface area (Å²) in [6.07, 6.45) is -0.585. The molecule has 1 aromatic carbocycles. The number of rotatable bonds is 3. The Hall–Kier alpha value is -0.470. The van der Waals surface area contributed by atoms with E-state index in [2.05, 4.69) is 9.89 Å². The highest BCUT2D eigenvalue weighted by Gasteiger charge is 2.13. The summed E-state index contributed by atoms with van der Waals surface area (Å²) >= 11 is 1.94. The summed E-state index contributed by atoms with van der Waals surface area (Å²) < 4.78 is 0. The molecule has 0 radical (unpaired) electrons. The van der Waals surface area contributed by atoms with Gasteiger partial charge in [-0.3, -0.25) is 4.99 Å². The van der Waals surface area contributed by atoms with Crippen LogP contribution in [0.25, 0.3) is 0 Å². The lowest BCUT2D eigenvalue weighted by molar-refractivity contribution is 0.186. The van der Waals surface area contributed by atoms with Gasteiger partial charge in [0.15, 0.2) is 5.96 Å². The van der Waals surface area contributed by atoms with E-state index >= 15 is 0 Å². The van der Waals surface area contributed by atoms with Gasteiger partial charge in [0.2, 0.25) is 0 Å². The lowest BCUT2D eigenvalue weighted by atomic mass is 10.1. The lowest BCUT2D eigenvalue weighted by Gasteiger charge is -2.27. The zero-order valence-electron chi connectivity index (χ0n) is 11.7. The summed E-state index contributed by atoms with van der Waals surface area (Å²) in [5.41, 5.74) is 8.02. The molecular formula is C14H22IN3OS. The van der Waals surface area contributed by atoms with Crippen molar-refractivity contribution >= 4 is 41.7 Å². The van der Waals surface area contributed by atoms with Crippen LogP contribution in [0, 0.1) is 6.92 Å². The minimum Gasteiger partial charge on any atom is -0.386 e. The molecule has 2 rings (SSSR count). The molecule has 112 valence electrons. The highest BCUT2D eigenvalue weighted by molar-refractivity contribution is 14.0. The fourth-order valence-electron chi connectivity index (χ4n) is 1.97. The summed E-state index contributed by atoms with van der Waals surface area (Å²) in [6.45, 7) is 4.24. The van der Waals surface area contributed by atoms with E-state index in [9.17, 15) is 5.11 Å². The topological polar surface area (TPSA) is 61.9 Å². The number of aliphatic hydroxyl groups excluding tert-OH is 1. The number of hydrogen-bond acceptors (Lipinski definition) is 3. The highest BCUT2D eigenvalue weighted by atomic mass is 127. The van der Waals surface area contributed by atoms with Crippen molar-refractivity contribution in [1.29, 1.82) is 0 Å². The van der Waals surface area contributed by atoms with Gasteiger partial charge in [-0.05, 0) is 12.5 Å². The van der Waals surface area contributed by atoms with Gasteiger partial charge >= 0.3 is 0 Å². The van der Waals surface area contributed by atoms with Crippen molar-refractivity contribution in [2.75, 3.05) is 31.1 Å². The van der Waals surface area contributed by atoms with Gasteiger partial charge in [-0.2, -0.15) is 11.8 Å². The molecule has 0 bridgehead atoms. The molecule has 0 aromatic heterocycles. The number of nitrogens with two attached hydrogens (primary N) is 1. The molecule has 0 amide bonds. The van der Waals surface area contributed by atoms with Gasteiger partial charge < -0.3 is 15.7 Å². The van der Waals surface area contributed by atoms with Crippen LogP contribution in [0.4, 0.5) is 0 Å². The molecule has 1 heterocycles. The number of guanidine groups is 1. The van der Waals surface area contributed by atoms with Crippen LogP contribution in [0.3, 0.4) is 0 Å². The molecule has 1 aliphatic rings. The van der Waals surface area contributed by atoms with Crippen molar-refractivity contribution in [3.63, 3.8) is 0 Å². The largest absolute Gasteiger partial charge is 0.386 e. The zero-order valence-corrected chi connectivity index (χ0v) is 14.8. The van der Waals surface area contributed by atoms with E-state index in [1.54, 1.807) is 0 Å². The maximum atomic E-state index is 10.1. The maximum Gasteiger partial charge on any atom is 0.191 e. The van der Waals surface area contributed by atoms with Crippen LogP contribution >= 0.6 is 35.7 Å². The van der Waals surface area contributed by atoms with E-state index in [-0.39, 0.29) is 24.0 Å². The van der Waals surface area contributed by atoms with Crippen LogP contribution in [0.15, 0.2) is 29.3 Å². The Balaban J connectivity index is 0.00000200. The van der Waals surface area contributed by atoms with Crippen LogP contribution in [-0.4, -0.2) is 47.1 Å². The van der Waals surface area contributed by atoms with Crippen molar-refractivity contribution in [3.05, 3.63) is 35.4 Å². The molecule has 1 fully saturated rings. The van der Waals surface area contributed by atoms with E-state index in [0.29, 0.717) is 12.5 Å². The number of hydrogen-bond donors (Lipinski definition) is 2. The van der Waals surface area contributed by atoms with E-state index in [1.165, 1.54) is 5.56 Å². The van der Waals surface area contributed by atoms with E-state index in [0.717, 1.165) is 30.2 Å². The number of aryl methyl sites for hydroxylation is 1. The smallest absolute Gasteiger partial charge is 0.191 e. The Morgan fingerprint density at radius 3 is 2.55 bits per heavy atom. The standard InChI is InChI=1S/C14H21N3OS.HI/c1-11-2-4-12(5-3-11)13(18)10-16-14(15)17-6-8-19-9-7-17;/h2-5,13,18H,6-10H2,1H3,(H2,15,16);1H. The summed E-state index contributed by atoms with van der Waals surface area (Å²) in [5, 5.41) is 10.1. The van der Waals surface area contributed by atoms with Gasteiger partial charge in [0, 0.05) is 24.6 Å². The van der Waals surface area contributed by atoms with Gasteiger partial charge in [-0.15, -0.1) is 24.0 Å². The van der Waals surface area contributed by atoms with Gasteiger partial charge in [0.05, 0.1) is 12.6 Å². The lowest BCUT2D eigenvalue weighted by Crippen LogP contribution is -2.42. The summed E-state index contributed by atoms with van der Waals surface area (Å²) in [5.74, 6) is 2.74. The first-order valence-corrected chi connectivity index (χ1v) is 7.69. The minimum atomic E-state index is -0.585. The molecule has 6 heteroatoms. The predicted molar refractivity (Wildman–Crippen MR) is 96.9 cm³/mol. The molecule has 0 aliphatic carbocycles. The third kappa shape index (κ3) is 5.14. The van der Waals surface area contributed by atoms with E-state index in [1.807, 2.05) is 43.0 Å². The molecule has 0 spiro atoms. The molecule has 1 unspecified atom stereocenters. The third-order valence-electron chi connectivity index (χ3n) is 3.22. The Morgan fingerprint density at radius 2 is 1.95 bits per heavy atom. The Kier molecular flexibility index (Phi) is 7.68. The second kappa shape index (κ2) is 8.74. The van der Waals surface area contributed by atoms with Crippen molar-refractivity contribution < 1.29 is 5.11 Å². The first-order valence-electron chi connectivity index (χ1n) is 6.54. The normalized spacial score (nSPS) is 17.5. The SMILES string of the molecule is Cc1ccc(C(O)CN=C(N)N2CCSCC2)cc1.I. The Labute approximate surface area is 141 Å². The predicted octanol–water partition coefficient (Wildman–Crippen LogP) is 2.01. The minimum absolute atomic E-state index is 0. The van der Waals surface area contributed by atoms with Crippen LogP contribution < -0.4 is 5.73 Å². The number of aliphatic hydroxyl groups is 1.